The van der Waals surface area contributed by atoms with E-state index in [-0.39, 0.29) is 0 Å². The second-order valence-electron chi connectivity index (χ2n) is 5.63. The number of Topliss-reactive ketones (excluding diaryl/α,β-unsaturated/α-hetero) is 2. The molecular formula is C15H16O10. The zero-order valence-electron chi connectivity index (χ0n) is 13.9. The Bertz CT molecular complexity index is 564. The predicted molar refractivity (Wildman–Crippen MR) is 74.5 cm³/mol. The molecule has 10 nitrogen and oxygen atoms in total. The Hall–Kier alpha value is -2.78. The van der Waals surface area contributed by atoms with Gasteiger partial charge in [0.05, 0.1) is 33.9 Å². The quantitative estimate of drug-likeness (QED) is 0.325. The molecule has 0 aromatic rings. The van der Waals surface area contributed by atoms with Gasteiger partial charge in [-0.25, -0.2) is 0 Å². The smallest absolute Gasteiger partial charge is 0.316 e. The zero-order valence-corrected chi connectivity index (χ0v) is 13.9. The van der Waals surface area contributed by atoms with Crippen LogP contribution >= 0.6 is 0 Å². The summed E-state index contributed by atoms with van der Waals surface area (Å²) in [4.78, 5) is 73.1. The van der Waals surface area contributed by atoms with Crippen LogP contribution in [0, 0.1) is 29.1 Å². The molecule has 10 heteroatoms. The maximum Gasteiger partial charge on any atom is 0.316 e. The van der Waals surface area contributed by atoms with Gasteiger partial charge in [0.1, 0.15) is 23.7 Å². The fourth-order valence-corrected chi connectivity index (χ4v) is 3.88. The molecule has 0 aromatic heterocycles. The predicted octanol–water partition coefficient (Wildman–Crippen LogP) is -1.70. The largest absolute Gasteiger partial charge is 0.468 e. The molecule has 2 aliphatic rings. The van der Waals surface area contributed by atoms with Gasteiger partial charge in [-0.2, -0.15) is 0 Å². The van der Waals surface area contributed by atoms with Crippen molar-refractivity contribution in [3.63, 3.8) is 0 Å². The van der Waals surface area contributed by atoms with Crippen LogP contribution in [-0.4, -0.2) is 63.9 Å². The number of esters is 4. The van der Waals surface area contributed by atoms with E-state index in [9.17, 15) is 28.8 Å². The van der Waals surface area contributed by atoms with Gasteiger partial charge in [0.15, 0.2) is 11.6 Å². The lowest BCUT2D eigenvalue weighted by Crippen LogP contribution is -2.80. The van der Waals surface area contributed by atoms with Crippen molar-refractivity contribution in [3.8, 4) is 0 Å². The van der Waals surface area contributed by atoms with Gasteiger partial charge in [0, 0.05) is 0 Å². The normalized spacial score (nSPS) is 33.0. The first-order valence-electron chi connectivity index (χ1n) is 7.14. The van der Waals surface area contributed by atoms with E-state index in [1.54, 1.807) is 0 Å². The third kappa shape index (κ3) is 2.09. The van der Waals surface area contributed by atoms with Crippen LogP contribution in [0.4, 0.5) is 0 Å². The van der Waals surface area contributed by atoms with Crippen molar-refractivity contribution in [2.45, 2.75) is 0 Å². The molecule has 4 atom stereocenters. The molecular weight excluding hydrogens is 340 g/mol. The summed E-state index contributed by atoms with van der Waals surface area (Å²) in [7, 11) is 3.98. The number of ketones is 2. The lowest BCUT2D eigenvalue weighted by atomic mass is 9.34. The van der Waals surface area contributed by atoms with Crippen LogP contribution in [0.5, 0.6) is 0 Å². The Balaban J connectivity index is 2.67. The molecule has 2 rings (SSSR count). The average molecular weight is 356 g/mol. The molecule has 0 aromatic carbocycles. The van der Waals surface area contributed by atoms with Crippen molar-refractivity contribution in [1.29, 1.82) is 0 Å². The summed E-state index contributed by atoms with van der Waals surface area (Å²) in [6.07, 6.45) is 0. The Morgan fingerprint density at radius 1 is 0.600 bits per heavy atom. The number of rotatable bonds is 4. The highest BCUT2D eigenvalue weighted by Gasteiger charge is 2.85. The molecule has 0 saturated heterocycles. The summed E-state index contributed by atoms with van der Waals surface area (Å²) in [5.41, 5.74) is -1.95. The summed E-state index contributed by atoms with van der Waals surface area (Å²) in [6.45, 7) is 0. The van der Waals surface area contributed by atoms with Crippen molar-refractivity contribution in [2.24, 2.45) is 29.1 Å². The number of methoxy groups -OCH3 is 4. The first-order chi connectivity index (χ1) is 11.7. The second kappa shape index (κ2) is 6.26. The minimum Gasteiger partial charge on any atom is -0.468 e. The summed E-state index contributed by atoms with van der Waals surface area (Å²) in [6, 6.07) is 0. The molecule has 2 fully saturated rings. The van der Waals surface area contributed by atoms with Gasteiger partial charge in [-0.15, -0.1) is 0 Å². The van der Waals surface area contributed by atoms with Gasteiger partial charge in [0.2, 0.25) is 0 Å². The second-order valence-corrected chi connectivity index (χ2v) is 5.63. The van der Waals surface area contributed by atoms with E-state index in [1.165, 1.54) is 0 Å². The monoisotopic (exact) mass is 356 g/mol. The number of carbonyl (C=O) groups excluding carboxylic acids is 6. The van der Waals surface area contributed by atoms with E-state index in [2.05, 4.69) is 18.9 Å². The van der Waals surface area contributed by atoms with Crippen molar-refractivity contribution in [1.82, 2.24) is 0 Å². The number of hydrogen-bond acceptors (Lipinski definition) is 10. The highest BCUT2D eigenvalue weighted by molar-refractivity contribution is 6.26. The molecule has 0 aliphatic heterocycles. The number of hydrogen-bond donors (Lipinski definition) is 0. The Morgan fingerprint density at radius 3 is 0.960 bits per heavy atom. The molecule has 0 amide bonds. The Morgan fingerprint density at radius 2 is 0.800 bits per heavy atom. The van der Waals surface area contributed by atoms with Crippen molar-refractivity contribution < 1.29 is 47.7 Å². The number of carbonyl (C=O) groups is 6. The maximum atomic E-state index is 12.4. The third-order valence-corrected chi connectivity index (χ3v) is 4.89. The van der Waals surface area contributed by atoms with Crippen LogP contribution in [0.25, 0.3) is 0 Å². The Kier molecular flexibility index (Phi) is 4.65. The van der Waals surface area contributed by atoms with E-state index < -0.39 is 64.5 Å². The van der Waals surface area contributed by atoms with Gasteiger partial charge in [-0.3, -0.25) is 28.8 Å². The lowest BCUT2D eigenvalue weighted by Gasteiger charge is -2.61. The van der Waals surface area contributed by atoms with Crippen LogP contribution in [0.3, 0.4) is 0 Å². The zero-order chi connectivity index (χ0) is 19.1. The van der Waals surface area contributed by atoms with Gasteiger partial charge in [-0.1, -0.05) is 0 Å². The molecule has 0 heterocycles. The molecule has 2 aliphatic carbocycles. The molecule has 0 bridgehead atoms. The van der Waals surface area contributed by atoms with Crippen LogP contribution < -0.4 is 0 Å². The highest BCUT2D eigenvalue weighted by Crippen LogP contribution is 2.67. The van der Waals surface area contributed by atoms with E-state index in [4.69, 9.17) is 0 Å². The first-order valence-corrected chi connectivity index (χ1v) is 7.14. The van der Waals surface area contributed by atoms with Crippen LogP contribution in [0.1, 0.15) is 0 Å². The molecule has 2 saturated carbocycles. The van der Waals surface area contributed by atoms with Crippen LogP contribution in [0.15, 0.2) is 0 Å². The van der Waals surface area contributed by atoms with Crippen molar-refractivity contribution in [3.05, 3.63) is 0 Å². The molecule has 4 unspecified atom stereocenters. The topological polar surface area (TPSA) is 139 Å². The van der Waals surface area contributed by atoms with Gasteiger partial charge < -0.3 is 18.9 Å². The third-order valence-electron chi connectivity index (χ3n) is 4.89. The average Bonchev–Trinajstić information content (AvgIpc) is 2.59. The van der Waals surface area contributed by atoms with Crippen LogP contribution in [0.2, 0.25) is 0 Å². The SMILES string of the molecule is COC(=O)C1C(=O)C(C(=O)OC)C12C(C(=O)OC)C(=O)C2C(=O)OC. The fourth-order valence-electron chi connectivity index (χ4n) is 3.88. The van der Waals surface area contributed by atoms with E-state index >= 15 is 0 Å². The minimum atomic E-state index is -1.95. The van der Waals surface area contributed by atoms with Gasteiger partial charge >= 0.3 is 23.9 Å². The molecule has 136 valence electrons. The van der Waals surface area contributed by atoms with Gasteiger partial charge in [-0.05, 0) is 0 Å². The summed E-state index contributed by atoms with van der Waals surface area (Å²) in [5, 5.41) is 0. The van der Waals surface area contributed by atoms with Crippen molar-refractivity contribution >= 4 is 35.4 Å². The minimum absolute atomic E-state index is 0.894. The fraction of sp³-hybridized carbons (Fsp3) is 0.600. The van der Waals surface area contributed by atoms with Crippen LogP contribution in [-0.2, 0) is 47.7 Å². The lowest BCUT2D eigenvalue weighted by molar-refractivity contribution is -0.223. The molecule has 25 heavy (non-hydrogen) atoms. The van der Waals surface area contributed by atoms with E-state index in [1.807, 2.05) is 0 Å². The first kappa shape index (κ1) is 18.6. The molecule has 1 spiro atoms. The molecule has 0 N–H and O–H groups in total. The summed E-state index contributed by atoms with van der Waals surface area (Å²) < 4.78 is 18.2. The maximum absolute atomic E-state index is 12.4. The van der Waals surface area contributed by atoms with Gasteiger partial charge in [0.25, 0.3) is 0 Å². The van der Waals surface area contributed by atoms with E-state index in [0.717, 1.165) is 28.4 Å². The molecule has 0 radical (unpaired) electrons. The summed E-state index contributed by atoms with van der Waals surface area (Å²) >= 11 is 0. The summed E-state index contributed by atoms with van der Waals surface area (Å²) in [5.74, 6) is -12.7. The van der Waals surface area contributed by atoms with Crippen molar-refractivity contribution in [2.75, 3.05) is 28.4 Å². The Labute approximate surface area is 141 Å². The number of ether oxygens (including phenoxy) is 4. The standard InChI is InChI=1S/C15H16O10/c1-22-11(18)5-9(16)6(12(19)23-2)15(5)7(13(20)24-3)10(17)8(15)14(21)25-4/h5-8H,1-4H3. The van der Waals surface area contributed by atoms with E-state index in [0.29, 0.717) is 0 Å². The highest BCUT2D eigenvalue weighted by atomic mass is 16.5.